The van der Waals surface area contributed by atoms with E-state index < -0.39 is 0 Å². The van der Waals surface area contributed by atoms with Crippen molar-refractivity contribution >= 4 is 11.6 Å². The summed E-state index contributed by atoms with van der Waals surface area (Å²) in [4.78, 5) is 19.1. The maximum absolute atomic E-state index is 12.3. The summed E-state index contributed by atoms with van der Waals surface area (Å²) >= 11 is 0. The summed E-state index contributed by atoms with van der Waals surface area (Å²) in [7, 11) is 0. The number of hydrogen-bond acceptors (Lipinski definition) is 3. The fraction of sp³-hybridized carbons (Fsp3) is 0.667. The van der Waals surface area contributed by atoms with Crippen molar-refractivity contribution in [2.75, 3.05) is 24.5 Å². The maximum Gasteiger partial charge on any atom is 0.269 e. The molecule has 1 aromatic rings. The molecule has 0 saturated carbocycles. The molecule has 4 nitrogen and oxygen atoms in total. The first-order valence-corrected chi connectivity index (χ1v) is 8.33. The Morgan fingerprint density at radius 2 is 2.18 bits per heavy atom. The summed E-state index contributed by atoms with van der Waals surface area (Å²) in [6.07, 6.45) is 2.26. The molecule has 1 N–H and O–H groups in total. The van der Waals surface area contributed by atoms with Crippen LogP contribution in [0.4, 0.5) is 5.69 Å². The zero-order chi connectivity index (χ0) is 16.3. The Labute approximate surface area is 134 Å². The second-order valence-electron chi connectivity index (χ2n) is 7.34. The second-order valence-corrected chi connectivity index (χ2v) is 7.34. The maximum atomic E-state index is 12.3. The van der Waals surface area contributed by atoms with Gasteiger partial charge >= 0.3 is 0 Å². The van der Waals surface area contributed by atoms with Gasteiger partial charge in [-0.15, -0.1) is 0 Å². The van der Waals surface area contributed by atoms with E-state index in [0.29, 0.717) is 12.2 Å². The van der Waals surface area contributed by atoms with Crippen molar-refractivity contribution in [1.29, 1.82) is 0 Å². The van der Waals surface area contributed by atoms with Gasteiger partial charge in [0.2, 0.25) is 0 Å². The van der Waals surface area contributed by atoms with Crippen LogP contribution in [0, 0.1) is 18.3 Å². The van der Waals surface area contributed by atoms with Crippen molar-refractivity contribution in [3.05, 3.63) is 23.5 Å². The monoisotopic (exact) mass is 303 g/mol. The SMILES string of the molecule is CCC(C)(C)CNC(=O)c1ccc(N2CCC(C)C2)c(C)n1. The highest BCUT2D eigenvalue weighted by atomic mass is 16.1. The minimum absolute atomic E-state index is 0.0778. The van der Waals surface area contributed by atoms with E-state index in [9.17, 15) is 4.79 Å². The van der Waals surface area contributed by atoms with E-state index in [4.69, 9.17) is 0 Å². The lowest BCUT2D eigenvalue weighted by molar-refractivity contribution is 0.0930. The highest BCUT2D eigenvalue weighted by Gasteiger charge is 2.22. The third-order valence-corrected chi connectivity index (χ3v) is 4.74. The summed E-state index contributed by atoms with van der Waals surface area (Å²) in [6, 6.07) is 3.89. The summed E-state index contributed by atoms with van der Waals surface area (Å²) < 4.78 is 0. The molecule has 1 unspecified atom stereocenters. The number of carbonyl (C=O) groups is 1. The predicted octanol–water partition coefficient (Wildman–Crippen LogP) is 3.40. The van der Waals surface area contributed by atoms with E-state index in [0.717, 1.165) is 36.8 Å². The van der Waals surface area contributed by atoms with Crippen molar-refractivity contribution in [3.8, 4) is 0 Å². The van der Waals surface area contributed by atoms with E-state index >= 15 is 0 Å². The van der Waals surface area contributed by atoms with E-state index in [1.54, 1.807) is 0 Å². The number of rotatable bonds is 5. The molecule has 1 aliphatic rings. The minimum Gasteiger partial charge on any atom is -0.370 e. The van der Waals surface area contributed by atoms with Crippen molar-refractivity contribution in [2.24, 2.45) is 11.3 Å². The lowest BCUT2D eigenvalue weighted by Gasteiger charge is -2.23. The molecular weight excluding hydrogens is 274 g/mol. The van der Waals surface area contributed by atoms with Crippen LogP contribution in [0.2, 0.25) is 0 Å². The Morgan fingerprint density at radius 3 is 2.73 bits per heavy atom. The van der Waals surface area contributed by atoms with Gasteiger partial charge in [0.05, 0.1) is 11.4 Å². The Hall–Kier alpha value is -1.58. The van der Waals surface area contributed by atoms with Crippen LogP contribution in [0.1, 0.15) is 56.7 Å². The third-order valence-electron chi connectivity index (χ3n) is 4.74. The van der Waals surface area contributed by atoms with Gasteiger partial charge in [0.15, 0.2) is 0 Å². The number of aromatic nitrogens is 1. The molecule has 1 fully saturated rings. The highest BCUT2D eigenvalue weighted by Crippen LogP contribution is 2.26. The Balaban J connectivity index is 2.04. The van der Waals surface area contributed by atoms with E-state index in [1.165, 1.54) is 6.42 Å². The fourth-order valence-electron chi connectivity index (χ4n) is 2.70. The van der Waals surface area contributed by atoms with Gasteiger partial charge in [0.25, 0.3) is 5.91 Å². The first kappa shape index (κ1) is 16.8. The Morgan fingerprint density at radius 1 is 1.45 bits per heavy atom. The molecule has 1 atom stereocenters. The van der Waals surface area contributed by atoms with Crippen LogP contribution in [0.15, 0.2) is 12.1 Å². The molecular formula is C18H29N3O. The van der Waals surface area contributed by atoms with Crippen molar-refractivity contribution in [2.45, 2.75) is 47.5 Å². The first-order valence-electron chi connectivity index (χ1n) is 8.33. The van der Waals surface area contributed by atoms with Gasteiger partial charge < -0.3 is 10.2 Å². The Kier molecular flexibility index (Phi) is 5.09. The van der Waals surface area contributed by atoms with Crippen LogP contribution in [0.25, 0.3) is 0 Å². The summed E-state index contributed by atoms with van der Waals surface area (Å²) in [5.41, 5.74) is 2.74. The molecule has 0 aliphatic carbocycles. The number of hydrogen-bond donors (Lipinski definition) is 1. The molecule has 0 aromatic carbocycles. The minimum atomic E-state index is -0.0778. The zero-order valence-electron chi connectivity index (χ0n) is 14.6. The molecule has 2 heterocycles. The normalized spacial score (nSPS) is 18.6. The summed E-state index contributed by atoms with van der Waals surface area (Å²) in [5, 5.41) is 3.00. The van der Waals surface area contributed by atoms with Crippen LogP contribution in [0.3, 0.4) is 0 Å². The molecule has 1 aliphatic heterocycles. The number of anilines is 1. The summed E-state index contributed by atoms with van der Waals surface area (Å²) in [5.74, 6) is 0.657. The van der Waals surface area contributed by atoms with Crippen molar-refractivity contribution in [1.82, 2.24) is 10.3 Å². The topological polar surface area (TPSA) is 45.2 Å². The van der Waals surface area contributed by atoms with Crippen LogP contribution in [-0.4, -0.2) is 30.5 Å². The standard InChI is InChI=1S/C18H29N3O/c1-6-18(4,5)12-19-17(22)15-7-8-16(14(3)20-15)21-10-9-13(2)11-21/h7-8,13H,6,9-12H2,1-5H3,(H,19,22). The molecule has 0 spiro atoms. The van der Waals surface area contributed by atoms with E-state index in [1.807, 2.05) is 19.1 Å². The number of pyridine rings is 1. The molecule has 1 amide bonds. The zero-order valence-corrected chi connectivity index (χ0v) is 14.6. The number of nitrogens with zero attached hydrogens (tertiary/aromatic N) is 2. The van der Waals surface area contributed by atoms with Crippen LogP contribution in [-0.2, 0) is 0 Å². The Bertz CT molecular complexity index is 539. The van der Waals surface area contributed by atoms with Crippen LogP contribution < -0.4 is 10.2 Å². The first-order chi connectivity index (χ1) is 10.3. The predicted molar refractivity (Wildman–Crippen MR) is 91.4 cm³/mol. The number of carbonyl (C=O) groups excluding carboxylic acids is 1. The number of aryl methyl sites for hydroxylation is 1. The molecule has 4 heteroatoms. The number of amides is 1. The van der Waals surface area contributed by atoms with Gasteiger partial charge in [-0.3, -0.25) is 4.79 Å². The molecule has 0 radical (unpaired) electrons. The largest absolute Gasteiger partial charge is 0.370 e. The van der Waals surface area contributed by atoms with Crippen molar-refractivity contribution < 1.29 is 4.79 Å². The van der Waals surface area contributed by atoms with Crippen LogP contribution >= 0.6 is 0 Å². The quantitative estimate of drug-likeness (QED) is 0.906. The molecule has 1 aromatic heterocycles. The lowest BCUT2D eigenvalue weighted by atomic mass is 9.90. The van der Waals surface area contributed by atoms with E-state index in [-0.39, 0.29) is 11.3 Å². The van der Waals surface area contributed by atoms with Gasteiger partial charge in [0, 0.05) is 19.6 Å². The van der Waals surface area contributed by atoms with Crippen molar-refractivity contribution in [3.63, 3.8) is 0 Å². The molecule has 22 heavy (non-hydrogen) atoms. The van der Waals surface area contributed by atoms with Gasteiger partial charge in [0.1, 0.15) is 5.69 Å². The fourth-order valence-corrected chi connectivity index (χ4v) is 2.70. The van der Waals surface area contributed by atoms with Gasteiger partial charge in [-0.2, -0.15) is 0 Å². The van der Waals surface area contributed by atoms with Crippen LogP contribution in [0.5, 0.6) is 0 Å². The van der Waals surface area contributed by atoms with Gasteiger partial charge in [-0.1, -0.05) is 27.7 Å². The van der Waals surface area contributed by atoms with E-state index in [2.05, 4.69) is 42.9 Å². The number of nitrogens with one attached hydrogen (secondary N) is 1. The average molecular weight is 303 g/mol. The lowest BCUT2D eigenvalue weighted by Crippen LogP contribution is -2.34. The molecule has 2 rings (SSSR count). The highest BCUT2D eigenvalue weighted by molar-refractivity contribution is 5.92. The molecule has 122 valence electrons. The smallest absolute Gasteiger partial charge is 0.269 e. The average Bonchev–Trinajstić information content (AvgIpc) is 2.91. The van der Waals surface area contributed by atoms with Gasteiger partial charge in [-0.25, -0.2) is 4.98 Å². The molecule has 0 bridgehead atoms. The summed E-state index contributed by atoms with van der Waals surface area (Å²) in [6.45, 7) is 13.6. The van der Waals surface area contributed by atoms with Gasteiger partial charge in [-0.05, 0) is 43.2 Å². The third kappa shape index (κ3) is 3.99. The second kappa shape index (κ2) is 6.67. The molecule has 1 saturated heterocycles.